The lowest BCUT2D eigenvalue weighted by molar-refractivity contribution is 0.0748. The SMILES string of the molecule is CN(C(=O)c1cccnc1N)C1CCS(=O)(=O)C1. The minimum absolute atomic E-state index is 0.0232. The van der Waals surface area contributed by atoms with Gasteiger partial charge in [-0.2, -0.15) is 0 Å². The molecule has 0 radical (unpaired) electrons. The number of hydrogen-bond donors (Lipinski definition) is 1. The molecule has 1 atom stereocenters. The monoisotopic (exact) mass is 269 g/mol. The van der Waals surface area contributed by atoms with Crippen molar-refractivity contribution in [3.8, 4) is 0 Å². The summed E-state index contributed by atoms with van der Waals surface area (Å²) >= 11 is 0. The van der Waals surface area contributed by atoms with E-state index in [2.05, 4.69) is 4.98 Å². The first-order valence-corrected chi connectivity index (χ1v) is 7.41. The largest absolute Gasteiger partial charge is 0.383 e. The Morgan fingerprint density at radius 3 is 2.83 bits per heavy atom. The van der Waals surface area contributed by atoms with Crippen LogP contribution in [-0.2, 0) is 9.84 Å². The zero-order valence-corrected chi connectivity index (χ0v) is 10.9. The van der Waals surface area contributed by atoms with Crippen LogP contribution in [0.5, 0.6) is 0 Å². The first-order chi connectivity index (χ1) is 8.41. The van der Waals surface area contributed by atoms with E-state index in [1.54, 1.807) is 19.2 Å². The molecule has 1 aliphatic heterocycles. The number of rotatable bonds is 2. The second-order valence-electron chi connectivity index (χ2n) is 4.41. The molecule has 2 N–H and O–H groups in total. The maximum absolute atomic E-state index is 12.2. The number of anilines is 1. The molecule has 7 heteroatoms. The topological polar surface area (TPSA) is 93.4 Å². The van der Waals surface area contributed by atoms with Gasteiger partial charge in [0.25, 0.3) is 5.91 Å². The molecule has 2 heterocycles. The Balaban J connectivity index is 2.18. The molecule has 0 saturated carbocycles. The number of sulfone groups is 1. The Bertz CT molecular complexity index is 571. The molecule has 1 aromatic heterocycles. The van der Waals surface area contributed by atoms with Crippen molar-refractivity contribution in [2.24, 2.45) is 0 Å². The first-order valence-electron chi connectivity index (χ1n) is 5.59. The van der Waals surface area contributed by atoms with E-state index in [9.17, 15) is 13.2 Å². The molecular formula is C11H15N3O3S. The number of carbonyl (C=O) groups is 1. The molecule has 1 aromatic rings. The Morgan fingerprint density at radius 2 is 2.28 bits per heavy atom. The molecule has 2 rings (SSSR count). The van der Waals surface area contributed by atoms with Crippen molar-refractivity contribution in [3.63, 3.8) is 0 Å². The lowest BCUT2D eigenvalue weighted by Crippen LogP contribution is -2.38. The number of amides is 1. The maximum Gasteiger partial charge on any atom is 0.257 e. The highest BCUT2D eigenvalue weighted by Crippen LogP contribution is 2.19. The van der Waals surface area contributed by atoms with Crippen LogP contribution in [0.2, 0.25) is 0 Å². The number of pyridine rings is 1. The van der Waals surface area contributed by atoms with Gasteiger partial charge in [-0.15, -0.1) is 0 Å². The van der Waals surface area contributed by atoms with E-state index in [4.69, 9.17) is 5.73 Å². The zero-order chi connectivity index (χ0) is 13.3. The fourth-order valence-electron chi connectivity index (χ4n) is 2.04. The van der Waals surface area contributed by atoms with Crippen molar-refractivity contribution in [1.29, 1.82) is 0 Å². The summed E-state index contributed by atoms with van der Waals surface area (Å²) in [5, 5.41) is 0. The average Bonchev–Trinajstić information content (AvgIpc) is 2.68. The molecule has 1 saturated heterocycles. The highest BCUT2D eigenvalue weighted by molar-refractivity contribution is 7.91. The summed E-state index contributed by atoms with van der Waals surface area (Å²) in [7, 11) is -1.41. The smallest absolute Gasteiger partial charge is 0.257 e. The van der Waals surface area contributed by atoms with E-state index in [0.717, 1.165) is 0 Å². The lowest BCUT2D eigenvalue weighted by atomic mass is 10.2. The van der Waals surface area contributed by atoms with Crippen LogP contribution in [0.1, 0.15) is 16.8 Å². The second-order valence-corrected chi connectivity index (χ2v) is 6.64. The van der Waals surface area contributed by atoms with Gasteiger partial charge < -0.3 is 10.6 Å². The zero-order valence-electron chi connectivity index (χ0n) is 10.0. The number of hydrogen-bond acceptors (Lipinski definition) is 5. The Labute approximate surface area is 106 Å². The molecule has 1 fully saturated rings. The van der Waals surface area contributed by atoms with Crippen LogP contribution in [0.25, 0.3) is 0 Å². The number of aromatic nitrogens is 1. The van der Waals surface area contributed by atoms with Crippen LogP contribution in [0, 0.1) is 0 Å². The second kappa shape index (κ2) is 4.56. The van der Waals surface area contributed by atoms with Crippen molar-refractivity contribution in [1.82, 2.24) is 9.88 Å². The highest BCUT2D eigenvalue weighted by atomic mass is 32.2. The fourth-order valence-corrected chi connectivity index (χ4v) is 3.81. The molecule has 0 bridgehead atoms. The van der Waals surface area contributed by atoms with Gasteiger partial charge in [0.05, 0.1) is 17.1 Å². The van der Waals surface area contributed by atoms with Crippen molar-refractivity contribution < 1.29 is 13.2 Å². The van der Waals surface area contributed by atoms with Crippen LogP contribution in [-0.4, -0.2) is 48.8 Å². The molecule has 0 spiro atoms. The molecular weight excluding hydrogens is 254 g/mol. The maximum atomic E-state index is 12.2. The molecule has 1 unspecified atom stereocenters. The van der Waals surface area contributed by atoms with Crippen LogP contribution >= 0.6 is 0 Å². The number of nitrogens with zero attached hydrogens (tertiary/aromatic N) is 2. The standard InChI is InChI=1S/C11H15N3O3S/c1-14(8-4-6-18(16,17)7-8)11(15)9-3-2-5-13-10(9)12/h2-3,5,8H,4,6-7H2,1H3,(H2,12,13). The number of carbonyl (C=O) groups excluding carboxylic acids is 1. The normalized spacial score (nSPS) is 21.7. The minimum Gasteiger partial charge on any atom is -0.383 e. The van der Waals surface area contributed by atoms with Gasteiger partial charge >= 0.3 is 0 Å². The van der Waals surface area contributed by atoms with E-state index in [1.807, 2.05) is 0 Å². The minimum atomic E-state index is -3.01. The van der Waals surface area contributed by atoms with Crippen molar-refractivity contribution >= 4 is 21.6 Å². The van der Waals surface area contributed by atoms with E-state index in [-0.39, 0.29) is 29.3 Å². The summed E-state index contributed by atoms with van der Waals surface area (Å²) in [6.07, 6.45) is 1.98. The molecule has 6 nitrogen and oxygen atoms in total. The molecule has 18 heavy (non-hydrogen) atoms. The third-order valence-electron chi connectivity index (χ3n) is 3.15. The Morgan fingerprint density at radius 1 is 1.56 bits per heavy atom. The van der Waals surface area contributed by atoms with Crippen molar-refractivity contribution in [2.45, 2.75) is 12.5 Å². The van der Waals surface area contributed by atoms with Gasteiger partial charge in [-0.25, -0.2) is 13.4 Å². The van der Waals surface area contributed by atoms with Gasteiger partial charge in [-0.05, 0) is 18.6 Å². The van der Waals surface area contributed by atoms with Gasteiger partial charge in [0.1, 0.15) is 5.82 Å². The summed E-state index contributed by atoms with van der Waals surface area (Å²) in [5.74, 6) is 0.0330. The third-order valence-corrected chi connectivity index (χ3v) is 4.90. The number of nitrogen functional groups attached to an aromatic ring is 1. The molecule has 98 valence electrons. The lowest BCUT2D eigenvalue weighted by Gasteiger charge is -2.23. The summed E-state index contributed by atoms with van der Waals surface area (Å²) in [6, 6.07) is 2.94. The van der Waals surface area contributed by atoms with Crippen LogP contribution < -0.4 is 5.73 Å². The predicted octanol–water partition coefficient (Wildman–Crippen LogP) is -0.0771. The molecule has 0 aliphatic carbocycles. The quantitative estimate of drug-likeness (QED) is 0.810. The Kier molecular flexibility index (Phi) is 3.25. The van der Waals surface area contributed by atoms with Gasteiger partial charge in [0.2, 0.25) is 0 Å². The molecule has 0 aromatic carbocycles. The summed E-state index contributed by atoms with van der Waals surface area (Å²) in [4.78, 5) is 17.5. The first kappa shape index (κ1) is 12.8. The van der Waals surface area contributed by atoms with Gasteiger partial charge in [-0.1, -0.05) is 0 Å². The van der Waals surface area contributed by atoms with E-state index in [1.165, 1.54) is 11.1 Å². The van der Waals surface area contributed by atoms with Crippen molar-refractivity contribution in [3.05, 3.63) is 23.9 Å². The van der Waals surface area contributed by atoms with Crippen LogP contribution in [0.3, 0.4) is 0 Å². The summed E-state index contributed by atoms with van der Waals surface area (Å²) < 4.78 is 22.8. The van der Waals surface area contributed by atoms with E-state index < -0.39 is 9.84 Å². The van der Waals surface area contributed by atoms with Crippen LogP contribution in [0.4, 0.5) is 5.82 Å². The van der Waals surface area contributed by atoms with Gasteiger partial charge in [0.15, 0.2) is 9.84 Å². The molecule has 1 amide bonds. The fraction of sp³-hybridized carbons (Fsp3) is 0.455. The highest BCUT2D eigenvalue weighted by Gasteiger charge is 2.33. The van der Waals surface area contributed by atoms with Crippen LogP contribution in [0.15, 0.2) is 18.3 Å². The van der Waals surface area contributed by atoms with E-state index in [0.29, 0.717) is 12.0 Å². The summed E-state index contributed by atoms with van der Waals surface area (Å²) in [5.41, 5.74) is 5.94. The average molecular weight is 269 g/mol. The molecule has 1 aliphatic rings. The Hall–Kier alpha value is -1.63. The van der Waals surface area contributed by atoms with Crippen molar-refractivity contribution in [2.75, 3.05) is 24.3 Å². The summed E-state index contributed by atoms with van der Waals surface area (Å²) in [6.45, 7) is 0. The number of nitrogens with two attached hydrogens (primary N) is 1. The van der Waals surface area contributed by atoms with Gasteiger partial charge in [-0.3, -0.25) is 4.79 Å². The predicted molar refractivity (Wildman–Crippen MR) is 67.8 cm³/mol. The van der Waals surface area contributed by atoms with E-state index >= 15 is 0 Å². The third kappa shape index (κ3) is 2.45. The van der Waals surface area contributed by atoms with Gasteiger partial charge in [0, 0.05) is 19.3 Å².